The molecule has 0 N–H and O–H groups in total. The van der Waals surface area contributed by atoms with Crippen molar-refractivity contribution in [3.63, 3.8) is 0 Å². The van der Waals surface area contributed by atoms with E-state index in [0.29, 0.717) is 0 Å². The topological polar surface area (TPSA) is 0 Å². The van der Waals surface area contributed by atoms with E-state index in [1.54, 1.807) is 0 Å². The first-order valence-electron chi connectivity index (χ1n) is 0.429. The maximum atomic E-state index is 2.91. The van der Waals surface area contributed by atoms with E-state index in [2.05, 4.69) is 38.1 Å². The lowest BCUT2D eigenvalue weighted by molar-refractivity contribution is 8.74. The summed E-state index contributed by atoms with van der Waals surface area (Å²) in [6, 6.07) is 0. The third-order valence-electron chi connectivity index (χ3n) is 0. The van der Waals surface area contributed by atoms with Crippen LogP contribution in [0.25, 0.3) is 0 Å². The molecule has 0 rings (SSSR count). The molecule has 0 amide bonds. The van der Waals surface area contributed by atoms with Crippen molar-refractivity contribution < 1.29 is 0 Å². The van der Waals surface area contributed by atoms with Crippen molar-refractivity contribution in [3.05, 3.63) is 0 Å². The monoisotopic (exact) mass is 617 g/mol. The van der Waals surface area contributed by atoms with E-state index in [-0.39, 0.29) is 0 Å². The number of hydrogen-bond acceptors (Lipinski definition) is 0. The Morgan fingerprint density at radius 1 is 0.500 bits per heavy atom. The Balaban J connectivity index is -0.0000000225. The van der Waals surface area contributed by atoms with Crippen molar-refractivity contribution in [1.82, 2.24) is 0 Å². The maximum Gasteiger partial charge on any atom is 0.00711 e. The predicted octanol–water partition coefficient (Wildman–Crippen LogP) is 5.19. The molecule has 0 aromatic rings. The second kappa shape index (κ2) is 38.1. The van der Waals surface area contributed by atoms with Gasteiger partial charge in [0.05, 0.1) is 0 Å². The van der Waals surface area contributed by atoms with Gasteiger partial charge in [0.2, 0.25) is 0 Å². The second-order valence-electron chi connectivity index (χ2n) is 0. The normalized spacial score (nSPS) is 3.00. The fourth-order valence-corrected chi connectivity index (χ4v) is 0. The number of rotatable bonds is 0. The molecule has 0 radical (unpaired) electrons. The molecule has 0 unspecified atom stereocenters. The largest absolute Gasteiger partial charge is 0.00711 e. The van der Waals surface area contributed by atoms with Crippen molar-refractivity contribution in [3.8, 4) is 0 Å². The molecule has 0 fully saturated rings. The van der Waals surface area contributed by atoms with Gasteiger partial charge in [-0.25, -0.2) is 0 Å². The molecule has 6 heavy (non-hydrogen) atoms. The SMILES string of the molecule is BrI.BrI.BrI. The Morgan fingerprint density at radius 3 is 0.500 bits per heavy atom. The zero-order chi connectivity index (χ0) is 6.00. The maximum absolute atomic E-state index is 2.91. The molecule has 0 spiro atoms. The summed E-state index contributed by atoms with van der Waals surface area (Å²) in [5.41, 5.74) is 0. The van der Waals surface area contributed by atoms with Crippen molar-refractivity contribution >= 4 is 99.2 Å². The average molecular weight is 620 g/mol. The van der Waals surface area contributed by atoms with E-state index in [9.17, 15) is 0 Å². The zero-order valence-electron chi connectivity index (χ0n) is 2.27. The van der Waals surface area contributed by atoms with Crippen molar-refractivity contribution in [2.45, 2.75) is 0 Å². The third kappa shape index (κ3) is 25.5. The van der Waals surface area contributed by atoms with E-state index in [4.69, 9.17) is 0 Å². The quantitative estimate of drug-likeness (QED) is 0.327. The van der Waals surface area contributed by atoms with E-state index in [1.165, 1.54) is 0 Å². The van der Waals surface area contributed by atoms with Crippen molar-refractivity contribution in [2.24, 2.45) is 0 Å². The molecule has 0 bridgehead atoms. The van der Waals surface area contributed by atoms with Crippen LogP contribution in [0.1, 0.15) is 0 Å². The first-order chi connectivity index (χ1) is 3.00. The number of halogens is 6. The Kier molecular flexibility index (Phi) is 104. The molecule has 0 atom stereocenters. The molecule has 0 saturated heterocycles. The molecule has 0 aliphatic rings. The smallest absolute Gasteiger partial charge is 0.00711 e. The fraction of sp³-hybridized carbons (Fsp3) is 0. The van der Waals surface area contributed by atoms with Crippen molar-refractivity contribution in [2.75, 3.05) is 0 Å². The summed E-state index contributed by atoms with van der Waals surface area (Å²) in [6.07, 6.45) is 0. The molecule has 0 saturated carbocycles. The van der Waals surface area contributed by atoms with Gasteiger partial charge in [0.15, 0.2) is 0 Å². The van der Waals surface area contributed by atoms with Gasteiger partial charge in [-0.15, -0.1) is 0 Å². The van der Waals surface area contributed by atoms with Gasteiger partial charge in [0, 0.05) is 61.1 Å². The van der Waals surface area contributed by atoms with E-state index in [1.807, 2.05) is 61.1 Å². The zero-order valence-corrected chi connectivity index (χ0v) is 13.5. The fourth-order valence-electron chi connectivity index (χ4n) is 0. The summed E-state index contributed by atoms with van der Waals surface area (Å²) < 4.78 is 0. The predicted molar refractivity (Wildman–Crippen MR) is 68.8 cm³/mol. The van der Waals surface area contributed by atoms with E-state index in [0.717, 1.165) is 0 Å². The van der Waals surface area contributed by atoms with Crippen LogP contribution in [-0.2, 0) is 0 Å². The molecule has 0 aliphatic heterocycles. The van der Waals surface area contributed by atoms with Gasteiger partial charge in [-0.1, -0.05) is 0 Å². The molecule has 0 heterocycles. The van der Waals surface area contributed by atoms with Crippen LogP contribution in [0.2, 0.25) is 0 Å². The summed E-state index contributed by atoms with van der Waals surface area (Å²) in [7, 11) is 0. The Morgan fingerprint density at radius 2 is 0.500 bits per heavy atom. The molecular formula is Br3I3. The van der Waals surface area contributed by atoms with Crippen LogP contribution in [0.4, 0.5) is 0 Å². The van der Waals surface area contributed by atoms with E-state index >= 15 is 0 Å². The summed E-state index contributed by atoms with van der Waals surface area (Å²) >= 11 is 14.6. The third-order valence-corrected chi connectivity index (χ3v) is 0. The van der Waals surface area contributed by atoms with Gasteiger partial charge in [-0.05, 0) is 38.1 Å². The van der Waals surface area contributed by atoms with Crippen LogP contribution in [-0.4, -0.2) is 0 Å². The molecule has 0 aromatic carbocycles. The van der Waals surface area contributed by atoms with Gasteiger partial charge in [0.25, 0.3) is 0 Å². The molecule has 6 heteroatoms. The van der Waals surface area contributed by atoms with Gasteiger partial charge in [0.1, 0.15) is 0 Å². The highest BCUT2D eigenvalue weighted by molar-refractivity contribution is 14.2. The lowest BCUT2D eigenvalue weighted by Crippen LogP contribution is -0.135. The Hall–Kier alpha value is 3.63. The van der Waals surface area contributed by atoms with Crippen LogP contribution in [0, 0.1) is 0 Å². The van der Waals surface area contributed by atoms with Crippen molar-refractivity contribution in [1.29, 1.82) is 0 Å². The van der Waals surface area contributed by atoms with Gasteiger partial charge in [-0.3, -0.25) is 0 Å². The minimum Gasteiger partial charge on any atom is -0.00711 e. The summed E-state index contributed by atoms with van der Waals surface area (Å²) in [6.45, 7) is 0. The highest BCUT2D eigenvalue weighted by Crippen LogP contribution is 1.87. The summed E-state index contributed by atoms with van der Waals surface area (Å²) in [5, 5.41) is 0. The minimum atomic E-state index is 1.96. The molecule has 0 aromatic heterocycles. The highest BCUT2D eigenvalue weighted by Gasteiger charge is 1.00. The lowest BCUT2D eigenvalue weighted by atomic mass is 79.9. The Bertz CT molecular complexity index is 6.00. The van der Waals surface area contributed by atoms with Gasteiger partial charge < -0.3 is 0 Å². The van der Waals surface area contributed by atoms with Gasteiger partial charge in [-0.2, -0.15) is 0 Å². The number of hydrogen-bond donors (Lipinski definition) is 0. The molecule has 0 aliphatic carbocycles. The van der Waals surface area contributed by atoms with Crippen LogP contribution in [0.3, 0.4) is 0 Å². The van der Waals surface area contributed by atoms with Crippen LogP contribution in [0.15, 0.2) is 0 Å². The Labute approximate surface area is 96.6 Å². The summed E-state index contributed by atoms with van der Waals surface area (Å²) in [5.74, 6) is 0. The second-order valence-corrected chi connectivity index (χ2v) is 0. The van der Waals surface area contributed by atoms with Gasteiger partial charge >= 0.3 is 0 Å². The molecule has 0 nitrogen and oxygen atoms in total. The first kappa shape index (κ1) is 16.3. The first-order valence-corrected chi connectivity index (χ1v) is 14.9. The standard InChI is InChI=1S/3BrI/c3*1-2. The lowest BCUT2D eigenvalue weighted by Gasteiger charge is -1.00. The molecular weight excluding hydrogens is 620 g/mol. The highest BCUT2D eigenvalue weighted by atomic mass is 127. The average Bonchev–Trinajstić information content (AvgIpc) is 1.81. The minimum absolute atomic E-state index is 1.96. The van der Waals surface area contributed by atoms with E-state index < -0.39 is 0 Å². The van der Waals surface area contributed by atoms with Crippen LogP contribution in [0.5, 0.6) is 0 Å². The molecule has 42 valence electrons. The summed E-state index contributed by atoms with van der Waals surface area (Å²) in [4.78, 5) is 0. The van der Waals surface area contributed by atoms with Crippen LogP contribution >= 0.6 is 99.2 Å². The van der Waals surface area contributed by atoms with Crippen LogP contribution < -0.4 is 0 Å².